The largest absolute Gasteiger partial charge is 0.289 e. The van der Waals surface area contributed by atoms with E-state index in [1.807, 2.05) is 0 Å². The molecule has 3 aromatic heterocycles. The monoisotopic (exact) mass is 404 g/mol. The summed E-state index contributed by atoms with van der Waals surface area (Å²) >= 11 is 0. The second-order valence-electron chi connectivity index (χ2n) is 6.76. The molecule has 0 fully saturated rings. The fourth-order valence-corrected chi connectivity index (χ4v) is 3.53. The number of nitrogens with zero attached hydrogens (tertiary/aromatic N) is 5. The number of aryl methyl sites for hydroxylation is 1. The zero-order valence-corrected chi connectivity index (χ0v) is 15.5. The second-order valence-corrected chi connectivity index (χ2v) is 6.76. The number of hydrogen-bond acceptors (Lipinski definition) is 5. The Morgan fingerprint density at radius 1 is 1.17 bits per heavy atom. The van der Waals surface area contributed by atoms with Crippen LogP contribution in [0.2, 0.25) is 0 Å². The Hall–Kier alpha value is -4.34. The first-order valence-corrected chi connectivity index (χ1v) is 8.91. The fraction of sp³-hybridized carbons (Fsp3) is 0.0500. The molecule has 0 saturated carbocycles. The molecule has 148 valence electrons. The van der Waals surface area contributed by atoms with Crippen LogP contribution in [0.4, 0.5) is 10.1 Å². The lowest BCUT2D eigenvalue weighted by Gasteiger charge is -2.04. The molecule has 0 atom stereocenters. The summed E-state index contributed by atoms with van der Waals surface area (Å²) in [4.78, 5) is 28.6. The van der Waals surface area contributed by atoms with Crippen molar-refractivity contribution >= 4 is 27.6 Å². The molecule has 0 saturated heterocycles. The number of rotatable bonds is 3. The first kappa shape index (κ1) is 17.7. The van der Waals surface area contributed by atoms with Crippen molar-refractivity contribution in [2.75, 3.05) is 0 Å². The van der Waals surface area contributed by atoms with Gasteiger partial charge in [-0.2, -0.15) is 5.10 Å². The van der Waals surface area contributed by atoms with Crippen molar-refractivity contribution in [1.82, 2.24) is 24.5 Å². The summed E-state index contributed by atoms with van der Waals surface area (Å²) in [5.41, 5.74) is 1.41. The molecule has 1 N–H and O–H groups in total. The topological polar surface area (TPSA) is 112 Å². The number of nitro groups is 1. The SMILES string of the molecule is Cn1ncc2c3[nH]n(-c4cccc(F)c4)c(=O)c3c(-c3cccc([N+](=O)[O-])c3)nc21. The number of aromatic amines is 1. The predicted octanol–water partition coefficient (Wildman–Crippen LogP) is 3.31. The summed E-state index contributed by atoms with van der Waals surface area (Å²) in [6.07, 6.45) is 1.58. The second kappa shape index (κ2) is 6.34. The Morgan fingerprint density at radius 2 is 1.97 bits per heavy atom. The third-order valence-electron chi connectivity index (χ3n) is 4.92. The van der Waals surface area contributed by atoms with Gasteiger partial charge in [-0.15, -0.1) is 0 Å². The molecule has 0 amide bonds. The summed E-state index contributed by atoms with van der Waals surface area (Å²) in [6, 6.07) is 11.5. The average Bonchev–Trinajstić information content (AvgIpc) is 3.28. The maximum absolute atomic E-state index is 13.7. The molecule has 10 heteroatoms. The van der Waals surface area contributed by atoms with Crippen molar-refractivity contribution in [3.8, 4) is 16.9 Å². The van der Waals surface area contributed by atoms with E-state index in [-0.39, 0.29) is 16.8 Å². The number of pyridine rings is 1. The Labute approximate surface area is 167 Å². The summed E-state index contributed by atoms with van der Waals surface area (Å²) in [5.74, 6) is -0.485. The molecular weight excluding hydrogens is 391 g/mol. The zero-order valence-electron chi connectivity index (χ0n) is 15.5. The number of hydrogen-bond donors (Lipinski definition) is 1. The summed E-state index contributed by atoms with van der Waals surface area (Å²) in [7, 11) is 1.71. The lowest BCUT2D eigenvalue weighted by Crippen LogP contribution is -2.15. The number of halogens is 1. The van der Waals surface area contributed by atoms with E-state index >= 15 is 0 Å². The van der Waals surface area contributed by atoms with Crippen molar-refractivity contribution in [2.45, 2.75) is 0 Å². The molecule has 5 rings (SSSR count). The van der Waals surface area contributed by atoms with Crippen LogP contribution in [0.5, 0.6) is 0 Å². The van der Waals surface area contributed by atoms with Gasteiger partial charge in [0, 0.05) is 24.7 Å². The highest BCUT2D eigenvalue weighted by Crippen LogP contribution is 2.31. The first-order valence-electron chi connectivity index (χ1n) is 8.91. The molecule has 0 aliphatic carbocycles. The standard InChI is InChI=1S/C20H13FN6O3/c1-25-19-15(10-22-25)18-16(17(23-19)11-4-2-7-14(8-11)27(29)30)20(28)26(24-18)13-6-3-5-12(21)9-13/h2-10,24H,1H3. The maximum Gasteiger partial charge on any atom is 0.281 e. The highest BCUT2D eigenvalue weighted by Gasteiger charge is 2.21. The molecule has 5 aromatic rings. The molecular formula is C20H13FN6O3. The molecule has 3 heterocycles. The van der Waals surface area contributed by atoms with Crippen LogP contribution in [0.3, 0.4) is 0 Å². The van der Waals surface area contributed by atoms with Crippen LogP contribution in [-0.4, -0.2) is 29.5 Å². The van der Waals surface area contributed by atoms with Gasteiger partial charge in [-0.05, 0) is 18.2 Å². The highest BCUT2D eigenvalue weighted by atomic mass is 19.1. The van der Waals surface area contributed by atoms with Gasteiger partial charge in [-0.25, -0.2) is 14.1 Å². The predicted molar refractivity (Wildman–Crippen MR) is 108 cm³/mol. The normalized spacial score (nSPS) is 11.4. The average molecular weight is 404 g/mol. The van der Waals surface area contributed by atoms with Gasteiger partial charge < -0.3 is 0 Å². The van der Waals surface area contributed by atoms with E-state index in [1.54, 1.807) is 30.1 Å². The Bertz CT molecular complexity index is 1530. The minimum atomic E-state index is -0.508. The first-order chi connectivity index (χ1) is 14.4. The lowest BCUT2D eigenvalue weighted by molar-refractivity contribution is -0.384. The quantitative estimate of drug-likeness (QED) is 0.366. The maximum atomic E-state index is 13.7. The number of fused-ring (bicyclic) bond motifs is 3. The molecule has 0 spiro atoms. The number of H-pyrrole nitrogens is 1. The van der Waals surface area contributed by atoms with Crippen LogP contribution in [0.1, 0.15) is 0 Å². The van der Waals surface area contributed by atoms with Crippen LogP contribution in [-0.2, 0) is 7.05 Å². The number of benzene rings is 2. The van der Waals surface area contributed by atoms with Gasteiger partial charge in [-0.3, -0.25) is 24.7 Å². The minimum Gasteiger partial charge on any atom is -0.289 e. The van der Waals surface area contributed by atoms with E-state index in [0.29, 0.717) is 27.8 Å². The van der Waals surface area contributed by atoms with E-state index in [1.165, 1.54) is 41.1 Å². The van der Waals surface area contributed by atoms with Gasteiger partial charge in [0.15, 0.2) is 5.65 Å². The van der Waals surface area contributed by atoms with Gasteiger partial charge in [0.05, 0.1) is 38.8 Å². The van der Waals surface area contributed by atoms with E-state index in [2.05, 4.69) is 15.2 Å². The molecule has 9 nitrogen and oxygen atoms in total. The van der Waals surface area contributed by atoms with E-state index in [0.717, 1.165) is 0 Å². The molecule has 0 aliphatic heterocycles. The lowest BCUT2D eigenvalue weighted by atomic mass is 10.1. The molecule has 2 aromatic carbocycles. The van der Waals surface area contributed by atoms with Crippen molar-refractivity contribution in [2.24, 2.45) is 7.05 Å². The van der Waals surface area contributed by atoms with Crippen LogP contribution < -0.4 is 5.56 Å². The van der Waals surface area contributed by atoms with Crippen molar-refractivity contribution in [3.63, 3.8) is 0 Å². The van der Waals surface area contributed by atoms with Crippen molar-refractivity contribution in [1.29, 1.82) is 0 Å². The molecule has 0 radical (unpaired) electrons. The van der Waals surface area contributed by atoms with Crippen LogP contribution in [0.25, 0.3) is 38.9 Å². The Morgan fingerprint density at radius 3 is 2.73 bits per heavy atom. The van der Waals surface area contributed by atoms with Crippen LogP contribution in [0.15, 0.2) is 59.5 Å². The van der Waals surface area contributed by atoms with Crippen molar-refractivity contribution < 1.29 is 9.31 Å². The minimum absolute atomic E-state index is 0.117. The van der Waals surface area contributed by atoms with E-state index in [4.69, 9.17) is 0 Å². The molecule has 0 unspecified atom stereocenters. The van der Waals surface area contributed by atoms with Gasteiger partial charge in [0.1, 0.15) is 5.82 Å². The van der Waals surface area contributed by atoms with Crippen LogP contribution >= 0.6 is 0 Å². The fourth-order valence-electron chi connectivity index (χ4n) is 3.53. The highest BCUT2D eigenvalue weighted by molar-refractivity contribution is 6.07. The zero-order chi connectivity index (χ0) is 21.0. The third kappa shape index (κ3) is 2.58. The van der Waals surface area contributed by atoms with Gasteiger partial charge in [0.25, 0.3) is 11.2 Å². The smallest absolute Gasteiger partial charge is 0.281 e. The van der Waals surface area contributed by atoms with E-state index in [9.17, 15) is 19.3 Å². The molecule has 0 aliphatic rings. The number of nitrogens with one attached hydrogen (secondary N) is 1. The molecule has 0 bridgehead atoms. The third-order valence-corrected chi connectivity index (χ3v) is 4.92. The van der Waals surface area contributed by atoms with Gasteiger partial charge in [-0.1, -0.05) is 18.2 Å². The van der Waals surface area contributed by atoms with Crippen molar-refractivity contribution in [3.05, 3.63) is 81.0 Å². The van der Waals surface area contributed by atoms with Gasteiger partial charge in [0.2, 0.25) is 0 Å². The summed E-state index contributed by atoms with van der Waals surface area (Å²) < 4.78 is 16.5. The number of nitro benzene ring substituents is 1. The number of non-ortho nitro benzene ring substituents is 1. The van der Waals surface area contributed by atoms with E-state index < -0.39 is 16.3 Å². The van der Waals surface area contributed by atoms with Crippen LogP contribution in [0, 0.1) is 15.9 Å². The number of aromatic nitrogens is 5. The Balaban J connectivity index is 1.90. The molecule has 30 heavy (non-hydrogen) atoms. The van der Waals surface area contributed by atoms with Gasteiger partial charge >= 0.3 is 0 Å². The Kier molecular flexibility index (Phi) is 3.75. The summed E-state index contributed by atoms with van der Waals surface area (Å²) in [5, 5.41) is 19.3. The summed E-state index contributed by atoms with van der Waals surface area (Å²) in [6.45, 7) is 0.